The van der Waals surface area contributed by atoms with Gasteiger partial charge in [-0.2, -0.15) is 0 Å². The van der Waals surface area contributed by atoms with Crippen LogP contribution in [-0.4, -0.2) is 33.0 Å². The molecule has 4 rings (SSSR count). The Balaban J connectivity index is 1.34. The number of benzene rings is 3. The van der Waals surface area contributed by atoms with E-state index < -0.39 is 0 Å². The molecule has 0 aliphatic heterocycles. The molecule has 0 aliphatic carbocycles. The third-order valence-electron chi connectivity index (χ3n) is 5.32. The maximum absolute atomic E-state index is 12.2. The SMILES string of the molecule is Cc1ccc(-n2c(SCCCC(=O)NCCc3ccccc3)nnc2-c2ccccc2)cc1. The average molecular weight is 457 g/mol. The van der Waals surface area contributed by atoms with Gasteiger partial charge in [0.15, 0.2) is 11.0 Å². The largest absolute Gasteiger partial charge is 0.356 e. The molecule has 5 nitrogen and oxygen atoms in total. The van der Waals surface area contributed by atoms with Crippen LogP contribution in [0.25, 0.3) is 17.1 Å². The second-order valence-corrected chi connectivity index (χ2v) is 8.94. The molecule has 0 bridgehead atoms. The van der Waals surface area contributed by atoms with E-state index in [0.29, 0.717) is 13.0 Å². The van der Waals surface area contributed by atoms with Crippen molar-refractivity contribution in [2.75, 3.05) is 12.3 Å². The number of aryl methyl sites for hydroxylation is 1. The fourth-order valence-corrected chi connectivity index (χ4v) is 4.43. The number of carbonyl (C=O) groups is 1. The van der Waals surface area contributed by atoms with Crippen LogP contribution in [0.2, 0.25) is 0 Å². The zero-order valence-corrected chi connectivity index (χ0v) is 19.6. The summed E-state index contributed by atoms with van der Waals surface area (Å²) in [4.78, 5) is 12.2. The maximum Gasteiger partial charge on any atom is 0.220 e. The van der Waals surface area contributed by atoms with Gasteiger partial charge in [-0.1, -0.05) is 90.1 Å². The lowest BCUT2D eigenvalue weighted by Crippen LogP contribution is -2.25. The van der Waals surface area contributed by atoms with Crippen molar-refractivity contribution in [1.29, 1.82) is 0 Å². The van der Waals surface area contributed by atoms with Gasteiger partial charge in [0, 0.05) is 30.0 Å². The third kappa shape index (κ3) is 6.33. The van der Waals surface area contributed by atoms with E-state index in [-0.39, 0.29) is 5.91 Å². The van der Waals surface area contributed by atoms with Crippen molar-refractivity contribution in [1.82, 2.24) is 20.1 Å². The van der Waals surface area contributed by atoms with Crippen molar-refractivity contribution >= 4 is 17.7 Å². The van der Waals surface area contributed by atoms with Crippen molar-refractivity contribution in [2.45, 2.75) is 31.3 Å². The number of amides is 1. The second-order valence-electron chi connectivity index (χ2n) is 7.88. The summed E-state index contributed by atoms with van der Waals surface area (Å²) in [7, 11) is 0. The van der Waals surface area contributed by atoms with Crippen LogP contribution in [0.3, 0.4) is 0 Å². The Bertz CT molecular complexity index is 1160. The predicted molar refractivity (Wildman–Crippen MR) is 135 cm³/mol. The number of hydrogen-bond donors (Lipinski definition) is 1. The highest BCUT2D eigenvalue weighted by Crippen LogP contribution is 2.28. The van der Waals surface area contributed by atoms with Gasteiger partial charge in [-0.15, -0.1) is 10.2 Å². The summed E-state index contributed by atoms with van der Waals surface area (Å²) in [6.07, 6.45) is 2.14. The topological polar surface area (TPSA) is 59.8 Å². The molecule has 0 spiro atoms. The number of nitrogens with zero attached hydrogens (tertiary/aromatic N) is 3. The lowest BCUT2D eigenvalue weighted by atomic mass is 10.1. The van der Waals surface area contributed by atoms with Gasteiger partial charge in [0.05, 0.1) is 0 Å². The van der Waals surface area contributed by atoms with E-state index in [4.69, 9.17) is 0 Å². The summed E-state index contributed by atoms with van der Waals surface area (Å²) in [5, 5.41) is 12.8. The second kappa shape index (κ2) is 11.5. The van der Waals surface area contributed by atoms with Gasteiger partial charge in [0.2, 0.25) is 5.91 Å². The molecule has 4 aromatic rings. The van der Waals surface area contributed by atoms with Gasteiger partial charge in [-0.25, -0.2) is 0 Å². The van der Waals surface area contributed by atoms with E-state index in [1.54, 1.807) is 11.8 Å². The predicted octanol–water partition coefficient (Wildman–Crippen LogP) is 5.47. The van der Waals surface area contributed by atoms with Gasteiger partial charge in [-0.05, 0) is 37.5 Å². The molecule has 3 aromatic carbocycles. The summed E-state index contributed by atoms with van der Waals surface area (Å²) < 4.78 is 2.10. The molecule has 0 fully saturated rings. The number of aromatic nitrogens is 3. The molecule has 1 aromatic heterocycles. The Labute approximate surface area is 199 Å². The van der Waals surface area contributed by atoms with E-state index in [1.807, 2.05) is 48.5 Å². The molecule has 0 saturated carbocycles. The highest BCUT2D eigenvalue weighted by molar-refractivity contribution is 7.99. The molecular formula is C27H28N4OS. The molecule has 6 heteroatoms. The van der Waals surface area contributed by atoms with Gasteiger partial charge >= 0.3 is 0 Å². The van der Waals surface area contributed by atoms with E-state index in [9.17, 15) is 4.79 Å². The van der Waals surface area contributed by atoms with E-state index in [0.717, 1.165) is 40.8 Å². The minimum atomic E-state index is 0.0940. The summed E-state index contributed by atoms with van der Waals surface area (Å²) in [5.41, 5.74) is 4.50. The smallest absolute Gasteiger partial charge is 0.220 e. The van der Waals surface area contributed by atoms with Crippen LogP contribution < -0.4 is 5.32 Å². The molecule has 1 heterocycles. The molecule has 0 aliphatic rings. The average Bonchev–Trinajstić information content (AvgIpc) is 3.27. The van der Waals surface area contributed by atoms with E-state index in [2.05, 4.69) is 63.4 Å². The summed E-state index contributed by atoms with van der Waals surface area (Å²) in [5.74, 6) is 1.71. The molecule has 33 heavy (non-hydrogen) atoms. The number of thioether (sulfide) groups is 1. The Hall–Kier alpha value is -3.38. The molecule has 0 atom stereocenters. The summed E-state index contributed by atoms with van der Waals surface area (Å²) in [6, 6.07) is 28.7. The van der Waals surface area contributed by atoms with Crippen LogP contribution in [0.4, 0.5) is 0 Å². The standard InChI is InChI=1S/C27H28N4OS/c1-21-14-16-24(17-15-21)31-26(23-11-6-3-7-12-23)29-30-27(31)33-20-8-13-25(32)28-19-18-22-9-4-2-5-10-22/h2-7,9-12,14-17H,8,13,18-20H2,1H3,(H,28,32). The molecule has 0 saturated heterocycles. The fraction of sp³-hybridized carbons (Fsp3) is 0.222. The monoisotopic (exact) mass is 456 g/mol. The number of rotatable bonds is 10. The Kier molecular flexibility index (Phi) is 7.93. The van der Waals surface area contributed by atoms with Crippen LogP contribution in [0.5, 0.6) is 0 Å². The van der Waals surface area contributed by atoms with Crippen molar-refractivity contribution in [3.8, 4) is 17.1 Å². The quantitative estimate of drug-likeness (QED) is 0.254. The fourth-order valence-electron chi connectivity index (χ4n) is 3.54. The van der Waals surface area contributed by atoms with Crippen LogP contribution in [0, 0.1) is 6.92 Å². The van der Waals surface area contributed by atoms with Crippen molar-refractivity contribution in [3.63, 3.8) is 0 Å². The Morgan fingerprint density at radius 1 is 0.909 bits per heavy atom. The lowest BCUT2D eigenvalue weighted by Gasteiger charge is -2.11. The zero-order chi connectivity index (χ0) is 22.9. The zero-order valence-electron chi connectivity index (χ0n) is 18.8. The first-order valence-electron chi connectivity index (χ1n) is 11.2. The molecule has 168 valence electrons. The first-order chi connectivity index (χ1) is 16.2. The molecule has 0 unspecified atom stereocenters. The van der Waals surface area contributed by atoms with Crippen molar-refractivity contribution in [2.24, 2.45) is 0 Å². The number of nitrogens with one attached hydrogen (secondary N) is 1. The van der Waals surface area contributed by atoms with Crippen molar-refractivity contribution in [3.05, 3.63) is 96.1 Å². The first kappa shape index (κ1) is 22.8. The van der Waals surface area contributed by atoms with Gasteiger partial charge < -0.3 is 5.32 Å². The van der Waals surface area contributed by atoms with Crippen LogP contribution in [0.1, 0.15) is 24.0 Å². The third-order valence-corrected chi connectivity index (χ3v) is 6.33. The van der Waals surface area contributed by atoms with Crippen molar-refractivity contribution < 1.29 is 4.79 Å². The van der Waals surface area contributed by atoms with E-state index in [1.165, 1.54) is 11.1 Å². The van der Waals surface area contributed by atoms with Gasteiger partial charge in [-0.3, -0.25) is 9.36 Å². The minimum Gasteiger partial charge on any atom is -0.356 e. The highest BCUT2D eigenvalue weighted by Gasteiger charge is 2.16. The first-order valence-corrected chi connectivity index (χ1v) is 12.2. The number of carbonyl (C=O) groups excluding carboxylic acids is 1. The molecule has 0 radical (unpaired) electrons. The molecule has 1 N–H and O–H groups in total. The normalized spacial score (nSPS) is 10.8. The number of hydrogen-bond acceptors (Lipinski definition) is 4. The molecular weight excluding hydrogens is 428 g/mol. The lowest BCUT2D eigenvalue weighted by molar-refractivity contribution is -0.121. The van der Waals surface area contributed by atoms with Gasteiger partial charge in [0.1, 0.15) is 0 Å². The van der Waals surface area contributed by atoms with Crippen LogP contribution >= 0.6 is 11.8 Å². The van der Waals surface area contributed by atoms with Crippen LogP contribution in [-0.2, 0) is 11.2 Å². The van der Waals surface area contributed by atoms with Crippen LogP contribution in [0.15, 0.2) is 90.1 Å². The molecule has 1 amide bonds. The summed E-state index contributed by atoms with van der Waals surface area (Å²) >= 11 is 1.63. The highest BCUT2D eigenvalue weighted by atomic mass is 32.2. The maximum atomic E-state index is 12.2. The Morgan fingerprint density at radius 3 is 2.33 bits per heavy atom. The summed E-state index contributed by atoms with van der Waals surface area (Å²) in [6.45, 7) is 2.74. The van der Waals surface area contributed by atoms with E-state index >= 15 is 0 Å². The minimum absolute atomic E-state index is 0.0940. The Morgan fingerprint density at radius 2 is 1.61 bits per heavy atom. The van der Waals surface area contributed by atoms with Gasteiger partial charge in [0.25, 0.3) is 0 Å².